The summed E-state index contributed by atoms with van der Waals surface area (Å²) in [5, 5.41) is 35.0. The molecule has 4 atom stereocenters. The third-order valence-corrected chi connectivity index (χ3v) is 8.48. The fourth-order valence-corrected chi connectivity index (χ4v) is 6.98. The summed E-state index contributed by atoms with van der Waals surface area (Å²) in [6.45, 7) is 0. The molecule has 0 aromatic heterocycles. The fraction of sp³-hybridized carbons (Fsp3) is 0.200. The number of rotatable bonds is 3. The molecule has 0 bridgehead atoms. The van der Waals surface area contributed by atoms with Crippen molar-refractivity contribution in [2.24, 2.45) is 17.6 Å². The average Bonchev–Trinajstić information content (AvgIpc) is 2.81. The first-order valence-electron chi connectivity index (χ1n) is 10.8. The van der Waals surface area contributed by atoms with Crippen LogP contribution in [0, 0.1) is 11.8 Å². The highest BCUT2D eigenvalue weighted by Crippen LogP contribution is 2.52. The number of carbonyl (C=O) groups is 3. The molecule has 1 radical (unpaired) electrons. The van der Waals surface area contributed by atoms with Gasteiger partial charge < -0.3 is 26.4 Å². The molecule has 35 heavy (non-hydrogen) atoms. The number of benzene rings is 2. The number of hydrogen-bond donors (Lipinski definition) is 6. The van der Waals surface area contributed by atoms with Gasteiger partial charge in [0.1, 0.15) is 27.8 Å². The maximum absolute atomic E-state index is 13.3. The first-order chi connectivity index (χ1) is 16.7. The van der Waals surface area contributed by atoms with E-state index in [1.165, 1.54) is 6.07 Å². The van der Waals surface area contributed by atoms with Crippen LogP contribution in [0.1, 0.15) is 22.3 Å². The third-order valence-electron chi connectivity index (χ3n) is 6.69. The van der Waals surface area contributed by atoms with Gasteiger partial charge >= 0.3 is 0 Å². The van der Waals surface area contributed by atoms with Gasteiger partial charge in [-0.1, -0.05) is 48.6 Å². The van der Waals surface area contributed by atoms with Crippen molar-refractivity contribution in [1.82, 2.24) is 5.32 Å². The average molecular weight is 510 g/mol. The largest absolute Gasteiger partial charge is 0.511 e. The highest BCUT2D eigenvalue weighted by atomic mass is 32.2. The number of aliphatic hydroxyl groups is 2. The Morgan fingerprint density at radius 3 is 2.43 bits per heavy atom. The Labute approximate surface area is 209 Å². The molecule has 4 unspecified atom stereocenters. The molecule has 179 valence electrons. The van der Waals surface area contributed by atoms with Gasteiger partial charge in [0.05, 0.1) is 23.1 Å². The molecule has 1 aliphatic heterocycles. The molecule has 0 saturated heterocycles. The number of aliphatic hydroxyl groups excluding tert-OH is 2. The van der Waals surface area contributed by atoms with Crippen molar-refractivity contribution in [3.8, 4) is 5.75 Å². The van der Waals surface area contributed by atoms with Gasteiger partial charge in [-0.15, -0.1) is 0 Å². The molecule has 3 aliphatic rings. The predicted molar refractivity (Wildman–Crippen MR) is 134 cm³/mol. The van der Waals surface area contributed by atoms with E-state index in [1.54, 1.807) is 36.4 Å². The van der Waals surface area contributed by atoms with Crippen molar-refractivity contribution in [2.45, 2.75) is 22.6 Å². The second-order valence-electron chi connectivity index (χ2n) is 8.63. The highest BCUT2D eigenvalue weighted by Gasteiger charge is 2.54. The number of primary amides is 1. The minimum atomic E-state index is -1.28. The van der Waals surface area contributed by atoms with Crippen LogP contribution in [-0.2, 0) is 9.59 Å². The molecule has 0 saturated carbocycles. The lowest BCUT2D eigenvalue weighted by Gasteiger charge is -2.44. The standard InChI is InChI=1S/C25H21N2O6S2/c26-24(33)18-21(30)15-11(19(23(18)32)27-25(34)10-5-2-1-3-6-10)9-14-17(20(15)29)22(31)16-12(28)7-4-8-13(16)35-14/h1-8,11,14-15,19,28-29,32,35H,9H2,(H2,26,33)(H,27,34). The number of ketones is 2. The Bertz CT molecular complexity index is 1370. The summed E-state index contributed by atoms with van der Waals surface area (Å²) in [5.74, 6) is -5.74. The summed E-state index contributed by atoms with van der Waals surface area (Å²) in [7, 11) is 0. The minimum absolute atomic E-state index is 0.0323. The molecule has 10 heteroatoms. The van der Waals surface area contributed by atoms with Crippen molar-refractivity contribution < 1.29 is 29.7 Å². The molecule has 0 spiro atoms. The normalized spacial score (nSPS) is 25.5. The van der Waals surface area contributed by atoms with Gasteiger partial charge in [-0.25, -0.2) is 0 Å². The van der Waals surface area contributed by atoms with E-state index in [9.17, 15) is 29.7 Å². The second kappa shape index (κ2) is 8.54. The van der Waals surface area contributed by atoms with Crippen molar-refractivity contribution in [3.05, 3.63) is 82.3 Å². The van der Waals surface area contributed by atoms with Crippen LogP contribution >= 0.6 is 24.0 Å². The van der Waals surface area contributed by atoms with Gasteiger partial charge in [-0.05, 0) is 18.6 Å². The number of aromatic hydroxyl groups is 1. The molecule has 1 heterocycles. The highest BCUT2D eigenvalue weighted by molar-refractivity contribution is 8.00. The Kier molecular flexibility index (Phi) is 5.65. The maximum atomic E-state index is 13.3. The van der Waals surface area contributed by atoms with Crippen molar-refractivity contribution >= 4 is 46.4 Å². The molecule has 0 fully saturated rings. The van der Waals surface area contributed by atoms with E-state index in [-0.39, 0.29) is 28.3 Å². The monoisotopic (exact) mass is 509 g/mol. The number of thiocarbonyl (C=S) groups is 1. The summed E-state index contributed by atoms with van der Waals surface area (Å²) < 4.78 is 0. The van der Waals surface area contributed by atoms with Crippen LogP contribution < -0.4 is 11.1 Å². The summed E-state index contributed by atoms with van der Waals surface area (Å²) in [6.07, 6.45) is 0.239. The van der Waals surface area contributed by atoms with Crippen LogP contribution in [0.3, 0.4) is 0 Å². The summed E-state index contributed by atoms with van der Waals surface area (Å²) in [6, 6.07) is 12.7. The van der Waals surface area contributed by atoms with Crippen LogP contribution in [0.15, 0.2) is 76.1 Å². The van der Waals surface area contributed by atoms with E-state index < -0.39 is 57.7 Å². The SMILES string of the molecule is NC(=O)C1=C(O)C(NC(=S)c2ccccc2)C2CC3[SH]c4cccc(O)c4C(=O)C3=C(O)C2C1=O. The number of phenols is 1. The smallest absolute Gasteiger partial charge is 0.255 e. The number of Topliss-reactive ketones (excluding diaryl/α,β-unsaturated/α-hetero) is 2. The molecule has 2 aromatic rings. The van der Waals surface area contributed by atoms with E-state index in [1.807, 2.05) is 6.07 Å². The quantitative estimate of drug-likeness (QED) is 0.210. The Balaban J connectivity index is 1.61. The Hall–Kier alpha value is -3.63. The molecule has 2 aromatic carbocycles. The summed E-state index contributed by atoms with van der Waals surface area (Å²) in [5.41, 5.74) is 5.57. The Morgan fingerprint density at radius 2 is 1.74 bits per heavy atom. The van der Waals surface area contributed by atoms with Gasteiger partial charge in [0, 0.05) is 21.6 Å². The van der Waals surface area contributed by atoms with E-state index in [4.69, 9.17) is 18.0 Å². The molecule has 8 nitrogen and oxygen atoms in total. The number of hydrogen-bond acceptors (Lipinski definition) is 7. The number of phenolic OH excluding ortho intramolecular Hbond substituents is 1. The van der Waals surface area contributed by atoms with Crippen LogP contribution in [0.4, 0.5) is 0 Å². The van der Waals surface area contributed by atoms with E-state index in [0.717, 1.165) is 0 Å². The lowest BCUT2D eigenvalue weighted by Crippen LogP contribution is -2.54. The molecular formula is C25H21N2O6S2. The summed E-state index contributed by atoms with van der Waals surface area (Å²) in [4.78, 5) is 39.6. The number of nitrogens with two attached hydrogens (primary N) is 1. The minimum Gasteiger partial charge on any atom is -0.511 e. The van der Waals surface area contributed by atoms with Crippen molar-refractivity contribution in [1.29, 1.82) is 0 Å². The summed E-state index contributed by atoms with van der Waals surface area (Å²) >= 11 is 6.17. The van der Waals surface area contributed by atoms with Crippen LogP contribution in [0.5, 0.6) is 5.75 Å². The zero-order chi connectivity index (χ0) is 25.0. The lowest BCUT2D eigenvalue weighted by molar-refractivity contribution is -0.126. The zero-order valence-electron chi connectivity index (χ0n) is 18.1. The number of amides is 1. The number of carbonyl (C=O) groups excluding carboxylic acids is 3. The predicted octanol–water partition coefficient (Wildman–Crippen LogP) is 2.44. The maximum Gasteiger partial charge on any atom is 0.255 e. The topological polar surface area (TPSA) is 150 Å². The van der Waals surface area contributed by atoms with Crippen LogP contribution in [-0.4, -0.2) is 49.1 Å². The number of nitrogens with one attached hydrogen (secondary N) is 1. The van der Waals surface area contributed by atoms with Crippen LogP contribution in [0.2, 0.25) is 0 Å². The second-order valence-corrected chi connectivity index (χ2v) is 10.4. The number of allylic oxidation sites excluding steroid dienone is 1. The van der Waals surface area contributed by atoms with E-state index in [0.29, 0.717) is 22.2 Å². The van der Waals surface area contributed by atoms with Crippen LogP contribution in [0.25, 0.3) is 0 Å². The van der Waals surface area contributed by atoms with Gasteiger partial charge in [0.15, 0.2) is 11.6 Å². The zero-order valence-corrected chi connectivity index (χ0v) is 19.8. The van der Waals surface area contributed by atoms with Crippen molar-refractivity contribution in [2.75, 3.05) is 0 Å². The fourth-order valence-electron chi connectivity index (χ4n) is 5.13. The third kappa shape index (κ3) is 3.60. The van der Waals surface area contributed by atoms with Gasteiger partial charge in [-0.2, -0.15) is 11.8 Å². The lowest BCUT2D eigenvalue weighted by atomic mass is 9.66. The van der Waals surface area contributed by atoms with E-state index in [2.05, 4.69) is 5.32 Å². The first kappa shape index (κ1) is 23.1. The van der Waals surface area contributed by atoms with Gasteiger partial charge in [-0.3, -0.25) is 14.4 Å². The number of fused-ring (bicyclic) bond motifs is 3. The van der Waals surface area contributed by atoms with Crippen molar-refractivity contribution in [3.63, 3.8) is 0 Å². The first-order valence-corrected chi connectivity index (χ1v) is 12.2. The Morgan fingerprint density at radius 1 is 1.03 bits per heavy atom. The van der Waals surface area contributed by atoms with E-state index >= 15 is 0 Å². The van der Waals surface area contributed by atoms with Gasteiger partial charge in [0.2, 0.25) is 0 Å². The molecule has 5 rings (SSSR count). The molecule has 1 amide bonds. The molecule has 6 N–H and O–H groups in total. The molecular weight excluding hydrogens is 488 g/mol. The molecule has 2 aliphatic carbocycles. The van der Waals surface area contributed by atoms with Gasteiger partial charge in [0.25, 0.3) is 5.91 Å². The number of thiol groups is 1.